The summed E-state index contributed by atoms with van der Waals surface area (Å²) in [5, 5.41) is 3.50. The zero-order valence-corrected chi connectivity index (χ0v) is 32.0. The molecule has 0 saturated heterocycles. The molecule has 2 aromatic heterocycles. The monoisotopic (exact) mass is 756 g/mol. The summed E-state index contributed by atoms with van der Waals surface area (Å²) >= 11 is 1.87. The number of pyridine rings is 1. The van der Waals surface area contributed by atoms with Crippen LogP contribution in [0.3, 0.4) is 0 Å². The van der Waals surface area contributed by atoms with Crippen LogP contribution >= 0.6 is 11.8 Å². The molecule has 58 heavy (non-hydrogen) atoms. The average Bonchev–Trinajstić information content (AvgIpc) is 3.60. The molecule has 12 rings (SSSR count). The Balaban J connectivity index is 1.10. The largest absolute Gasteiger partial charge is 0.247 e. The number of nitrogens with zero attached hydrogens (tertiary/aromatic N) is 4. The number of rotatable bonds is 4. The van der Waals surface area contributed by atoms with E-state index in [0.717, 1.165) is 38.9 Å². The Morgan fingerprint density at radius 2 is 0.845 bits per heavy atom. The van der Waals surface area contributed by atoms with Crippen LogP contribution in [0.2, 0.25) is 0 Å². The minimum Gasteiger partial charge on any atom is -0.247 e. The van der Waals surface area contributed by atoms with Gasteiger partial charge in [0.05, 0.1) is 16.6 Å². The second-order valence-corrected chi connectivity index (χ2v) is 16.0. The van der Waals surface area contributed by atoms with Gasteiger partial charge in [-0.1, -0.05) is 188 Å². The van der Waals surface area contributed by atoms with E-state index in [4.69, 9.17) is 19.9 Å². The van der Waals surface area contributed by atoms with E-state index in [2.05, 4.69) is 133 Å². The maximum Gasteiger partial charge on any atom is 0.164 e. The van der Waals surface area contributed by atoms with Crippen molar-refractivity contribution in [3.8, 4) is 56.5 Å². The summed E-state index contributed by atoms with van der Waals surface area (Å²) in [6.07, 6.45) is 0. The van der Waals surface area contributed by atoms with Gasteiger partial charge in [-0.05, 0) is 57.0 Å². The first kappa shape index (κ1) is 33.0. The summed E-state index contributed by atoms with van der Waals surface area (Å²) < 4.78 is 0. The zero-order valence-electron chi connectivity index (χ0n) is 31.2. The van der Waals surface area contributed by atoms with Crippen LogP contribution in [-0.2, 0) is 5.41 Å². The molecule has 1 aliphatic heterocycles. The van der Waals surface area contributed by atoms with Crippen molar-refractivity contribution in [1.29, 1.82) is 0 Å². The lowest BCUT2D eigenvalue weighted by Crippen LogP contribution is -2.31. The summed E-state index contributed by atoms with van der Waals surface area (Å²) in [5.41, 5.74) is 13.0. The van der Waals surface area contributed by atoms with Crippen molar-refractivity contribution >= 4 is 33.4 Å². The predicted octanol–water partition coefficient (Wildman–Crippen LogP) is 13.1. The Labute approximate surface area is 340 Å². The van der Waals surface area contributed by atoms with Crippen molar-refractivity contribution in [2.24, 2.45) is 0 Å². The van der Waals surface area contributed by atoms with E-state index in [0.29, 0.717) is 17.5 Å². The lowest BCUT2D eigenvalue weighted by atomic mass is 9.67. The van der Waals surface area contributed by atoms with Crippen LogP contribution in [-0.4, -0.2) is 19.9 Å². The van der Waals surface area contributed by atoms with E-state index in [1.54, 1.807) is 0 Å². The minimum atomic E-state index is -0.475. The highest BCUT2D eigenvalue weighted by atomic mass is 32.2. The summed E-state index contributed by atoms with van der Waals surface area (Å²) in [7, 11) is 0. The van der Waals surface area contributed by atoms with Gasteiger partial charge in [-0.15, -0.1) is 0 Å². The Hall–Kier alpha value is -7.21. The molecule has 0 N–H and O–H groups in total. The number of aromatic nitrogens is 4. The molecule has 0 radical (unpaired) electrons. The lowest BCUT2D eigenvalue weighted by Gasteiger charge is -2.39. The molecule has 0 atom stereocenters. The smallest absolute Gasteiger partial charge is 0.164 e. The van der Waals surface area contributed by atoms with Gasteiger partial charge in [-0.2, -0.15) is 0 Å². The third-order valence-corrected chi connectivity index (χ3v) is 12.9. The highest BCUT2D eigenvalue weighted by Gasteiger charge is 2.50. The van der Waals surface area contributed by atoms with Crippen molar-refractivity contribution in [2.45, 2.75) is 15.2 Å². The Bertz CT molecular complexity index is 3150. The van der Waals surface area contributed by atoms with Crippen molar-refractivity contribution < 1.29 is 0 Å². The van der Waals surface area contributed by atoms with Crippen molar-refractivity contribution in [1.82, 2.24) is 19.9 Å². The van der Waals surface area contributed by atoms with E-state index in [1.165, 1.54) is 53.9 Å². The van der Waals surface area contributed by atoms with Crippen LogP contribution in [0, 0.1) is 0 Å². The third kappa shape index (κ3) is 4.84. The molecule has 10 aromatic rings. The SMILES string of the molecule is c1ccc(-c2nc(-c3ccccc3)nc(-c3ccc(-c4nc5ccccc5c5ccc6c(c45)-c4ccccc4C64c5ccccc5Sc5ccccc54)cc3)n2)cc1. The highest BCUT2D eigenvalue weighted by molar-refractivity contribution is 7.99. The molecule has 0 unspecified atom stereocenters. The number of benzene rings is 8. The summed E-state index contributed by atoms with van der Waals surface area (Å²) in [6.45, 7) is 0. The van der Waals surface area contributed by atoms with Gasteiger partial charge >= 0.3 is 0 Å². The summed E-state index contributed by atoms with van der Waals surface area (Å²) in [6, 6.07) is 69.1. The van der Waals surface area contributed by atoms with Crippen LogP contribution in [0.1, 0.15) is 22.3 Å². The molecule has 0 amide bonds. The van der Waals surface area contributed by atoms with Crippen molar-refractivity contribution in [2.75, 3.05) is 0 Å². The maximum absolute atomic E-state index is 5.51. The molecule has 1 aliphatic carbocycles. The fraction of sp³-hybridized carbons (Fsp3) is 0.0189. The number of hydrogen-bond acceptors (Lipinski definition) is 5. The van der Waals surface area contributed by atoms with Crippen LogP contribution in [0.5, 0.6) is 0 Å². The third-order valence-electron chi connectivity index (χ3n) is 11.8. The Kier molecular flexibility index (Phi) is 7.34. The highest BCUT2D eigenvalue weighted by Crippen LogP contribution is 2.63. The summed E-state index contributed by atoms with van der Waals surface area (Å²) in [4.78, 5) is 23.0. The van der Waals surface area contributed by atoms with Gasteiger partial charge in [0.25, 0.3) is 0 Å². The second-order valence-electron chi connectivity index (χ2n) is 14.9. The van der Waals surface area contributed by atoms with Gasteiger partial charge in [0.1, 0.15) is 0 Å². The average molecular weight is 757 g/mol. The first-order valence-corrected chi connectivity index (χ1v) is 20.4. The second kappa shape index (κ2) is 12.9. The number of para-hydroxylation sites is 1. The quantitative estimate of drug-likeness (QED) is 0.167. The molecule has 8 aromatic carbocycles. The van der Waals surface area contributed by atoms with Gasteiger partial charge in [-0.3, -0.25) is 0 Å². The number of hydrogen-bond donors (Lipinski definition) is 0. The van der Waals surface area contributed by atoms with Gasteiger partial charge in [0.2, 0.25) is 0 Å². The first-order chi connectivity index (χ1) is 28.8. The number of fused-ring (bicyclic) bond motifs is 13. The molecule has 3 heterocycles. The fourth-order valence-electron chi connectivity index (χ4n) is 9.31. The van der Waals surface area contributed by atoms with Gasteiger partial charge in [-0.25, -0.2) is 19.9 Å². The summed E-state index contributed by atoms with van der Waals surface area (Å²) in [5.74, 6) is 1.91. The molecule has 2 aliphatic rings. The van der Waals surface area contributed by atoms with E-state index < -0.39 is 5.41 Å². The Morgan fingerprint density at radius 1 is 0.345 bits per heavy atom. The van der Waals surface area contributed by atoms with Crippen LogP contribution in [0.4, 0.5) is 0 Å². The molecule has 270 valence electrons. The van der Waals surface area contributed by atoms with Crippen molar-refractivity contribution in [3.05, 3.63) is 216 Å². The molecule has 1 spiro atoms. The fourth-order valence-corrected chi connectivity index (χ4v) is 10.5. The standard InChI is InChI=1S/C53H32N4S/c1-3-15-34(16-4-1)50-55-51(35-17-5-2-6-18-35)57-52(56-50)36-29-27-33(28-30-36)49-48-38(37-19-8-12-24-44(37)54-49)31-32-43-47(48)39-20-7-9-21-40(39)53(43)41-22-10-13-25-45(41)58-46-26-14-11-23-42(46)53/h1-32H. The van der Waals surface area contributed by atoms with E-state index in [9.17, 15) is 0 Å². The minimum absolute atomic E-state index is 0.475. The van der Waals surface area contributed by atoms with E-state index in [1.807, 2.05) is 72.4 Å². The molecular weight excluding hydrogens is 725 g/mol. The molecule has 0 saturated carbocycles. The van der Waals surface area contributed by atoms with Crippen LogP contribution in [0.15, 0.2) is 204 Å². The predicted molar refractivity (Wildman–Crippen MR) is 236 cm³/mol. The molecule has 0 fully saturated rings. The van der Waals surface area contributed by atoms with Gasteiger partial charge < -0.3 is 0 Å². The molecule has 0 bridgehead atoms. The van der Waals surface area contributed by atoms with Crippen molar-refractivity contribution in [3.63, 3.8) is 0 Å². The molecule has 4 nitrogen and oxygen atoms in total. The van der Waals surface area contributed by atoms with Crippen LogP contribution in [0.25, 0.3) is 78.2 Å². The Morgan fingerprint density at radius 3 is 1.48 bits per heavy atom. The molecule has 5 heteroatoms. The van der Waals surface area contributed by atoms with E-state index in [-0.39, 0.29) is 0 Å². The maximum atomic E-state index is 5.51. The topological polar surface area (TPSA) is 51.6 Å². The molecular formula is C53H32N4S. The zero-order chi connectivity index (χ0) is 38.2. The first-order valence-electron chi connectivity index (χ1n) is 19.6. The van der Waals surface area contributed by atoms with E-state index >= 15 is 0 Å². The van der Waals surface area contributed by atoms with Crippen LogP contribution < -0.4 is 0 Å². The normalized spacial score (nSPS) is 13.2. The van der Waals surface area contributed by atoms with Gasteiger partial charge in [0.15, 0.2) is 17.5 Å². The van der Waals surface area contributed by atoms with Gasteiger partial charge in [0, 0.05) is 42.8 Å². The lowest BCUT2D eigenvalue weighted by molar-refractivity contribution is 0.723.